The van der Waals surface area contributed by atoms with Crippen LogP contribution in [0.25, 0.3) is 11.3 Å². The number of benzene rings is 1. The van der Waals surface area contributed by atoms with E-state index in [2.05, 4.69) is 40.6 Å². The van der Waals surface area contributed by atoms with E-state index in [1.165, 1.54) is 17.5 Å². The zero-order valence-electron chi connectivity index (χ0n) is 9.74. The molecule has 1 aliphatic heterocycles. The van der Waals surface area contributed by atoms with Crippen molar-refractivity contribution < 1.29 is 0 Å². The number of aromatic amines is 1. The van der Waals surface area contributed by atoms with Crippen LogP contribution in [0.4, 0.5) is 5.82 Å². The zero-order chi connectivity index (χ0) is 11.7. The summed E-state index contributed by atoms with van der Waals surface area (Å²) in [6.07, 6.45) is 1.22. The predicted octanol–water partition coefficient (Wildman–Crippen LogP) is 2.34. The summed E-state index contributed by atoms with van der Waals surface area (Å²) < 4.78 is 0. The lowest BCUT2D eigenvalue weighted by molar-refractivity contribution is 0.765. The number of nitrogens with two attached hydrogens (primary N) is 1. The molecule has 17 heavy (non-hydrogen) atoms. The van der Waals surface area contributed by atoms with Gasteiger partial charge in [-0.3, -0.25) is 0 Å². The van der Waals surface area contributed by atoms with Crippen LogP contribution < -0.4 is 11.1 Å². The van der Waals surface area contributed by atoms with Crippen LogP contribution in [0.1, 0.15) is 17.9 Å². The number of rotatable bonds is 2. The molecule has 1 atom stereocenters. The molecule has 0 saturated carbocycles. The van der Waals surface area contributed by atoms with Gasteiger partial charge in [0.25, 0.3) is 0 Å². The molecule has 0 aliphatic carbocycles. The van der Waals surface area contributed by atoms with E-state index in [1.807, 2.05) is 6.07 Å². The van der Waals surface area contributed by atoms with E-state index in [0.717, 1.165) is 24.6 Å². The van der Waals surface area contributed by atoms with Gasteiger partial charge < -0.3 is 16.0 Å². The predicted molar refractivity (Wildman–Crippen MR) is 70.9 cm³/mol. The molecule has 88 valence electrons. The fraction of sp³-hybridized carbons (Fsp3) is 0.286. The average molecular weight is 227 g/mol. The first-order valence-electron chi connectivity index (χ1n) is 6.09. The Morgan fingerprint density at radius 2 is 2.00 bits per heavy atom. The van der Waals surface area contributed by atoms with E-state index in [4.69, 9.17) is 5.73 Å². The summed E-state index contributed by atoms with van der Waals surface area (Å²) in [5, 5.41) is 3.42. The molecule has 1 fully saturated rings. The van der Waals surface area contributed by atoms with Gasteiger partial charge in [0.1, 0.15) is 5.82 Å². The second-order valence-electron chi connectivity index (χ2n) is 4.60. The highest BCUT2D eigenvalue weighted by Gasteiger charge is 2.19. The quantitative estimate of drug-likeness (QED) is 0.737. The van der Waals surface area contributed by atoms with Gasteiger partial charge in [0.2, 0.25) is 0 Å². The number of nitrogen functional groups attached to an aromatic ring is 1. The number of H-pyrrole nitrogens is 1. The van der Waals surface area contributed by atoms with Crippen molar-refractivity contribution in [3.63, 3.8) is 0 Å². The summed E-state index contributed by atoms with van der Waals surface area (Å²) in [4.78, 5) is 3.21. The van der Waals surface area contributed by atoms with Crippen LogP contribution in [0.15, 0.2) is 36.4 Å². The number of hydrogen-bond donors (Lipinski definition) is 3. The second kappa shape index (κ2) is 4.26. The van der Waals surface area contributed by atoms with Crippen molar-refractivity contribution in [2.75, 3.05) is 18.8 Å². The lowest BCUT2D eigenvalue weighted by atomic mass is 9.92. The molecule has 3 nitrogen and oxygen atoms in total. The topological polar surface area (TPSA) is 53.8 Å². The van der Waals surface area contributed by atoms with Gasteiger partial charge in [-0.25, -0.2) is 0 Å². The van der Waals surface area contributed by atoms with Gasteiger partial charge in [-0.05, 0) is 36.6 Å². The normalized spacial score (nSPS) is 19.6. The summed E-state index contributed by atoms with van der Waals surface area (Å²) >= 11 is 0. The fourth-order valence-electron chi connectivity index (χ4n) is 2.59. The molecule has 2 heterocycles. The minimum atomic E-state index is 0.621. The highest BCUT2D eigenvalue weighted by atomic mass is 14.9. The lowest BCUT2D eigenvalue weighted by Crippen LogP contribution is -2.08. The van der Waals surface area contributed by atoms with Gasteiger partial charge in [-0.15, -0.1) is 0 Å². The summed E-state index contributed by atoms with van der Waals surface area (Å²) in [6, 6.07) is 12.6. The summed E-state index contributed by atoms with van der Waals surface area (Å²) in [5.41, 5.74) is 9.56. The first kappa shape index (κ1) is 10.4. The Bertz CT molecular complexity index is 510. The van der Waals surface area contributed by atoms with Gasteiger partial charge in [-0.2, -0.15) is 0 Å². The highest BCUT2D eigenvalue weighted by Crippen LogP contribution is 2.32. The molecular weight excluding hydrogens is 210 g/mol. The van der Waals surface area contributed by atoms with Crippen LogP contribution in [0.2, 0.25) is 0 Å². The fourth-order valence-corrected chi connectivity index (χ4v) is 2.59. The molecular formula is C14H17N3. The molecule has 0 spiro atoms. The van der Waals surface area contributed by atoms with Crippen molar-refractivity contribution in [3.8, 4) is 11.3 Å². The summed E-state index contributed by atoms with van der Waals surface area (Å²) in [6.45, 7) is 2.19. The minimum Gasteiger partial charge on any atom is -0.385 e. The first-order valence-corrected chi connectivity index (χ1v) is 6.09. The molecule has 4 N–H and O–H groups in total. The standard InChI is InChI=1S/C14H17N3/c15-14-6-5-13(17-14)12-4-2-1-3-11(12)10-7-8-16-9-10/h1-6,10,16-17H,7-9,15H2. The van der Waals surface area contributed by atoms with Crippen LogP contribution in [-0.2, 0) is 0 Å². The minimum absolute atomic E-state index is 0.621. The van der Waals surface area contributed by atoms with E-state index in [0.29, 0.717) is 5.92 Å². The Morgan fingerprint density at radius 3 is 2.71 bits per heavy atom. The highest BCUT2D eigenvalue weighted by molar-refractivity contribution is 5.67. The maximum absolute atomic E-state index is 5.75. The van der Waals surface area contributed by atoms with Crippen LogP contribution in [-0.4, -0.2) is 18.1 Å². The summed E-state index contributed by atoms with van der Waals surface area (Å²) in [7, 11) is 0. The SMILES string of the molecule is Nc1ccc(-c2ccccc2C2CCNC2)[nH]1. The van der Waals surface area contributed by atoms with Gasteiger partial charge in [0.05, 0.1) is 0 Å². The van der Waals surface area contributed by atoms with Gasteiger partial charge in [0, 0.05) is 17.8 Å². The molecule has 2 aromatic rings. The average Bonchev–Trinajstić information content (AvgIpc) is 3.00. The van der Waals surface area contributed by atoms with E-state index in [9.17, 15) is 0 Å². The number of nitrogens with one attached hydrogen (secondary N) is 2. The maximum atomic E-state index is 5.75. The van der Waals surface area contributed by atoms with Crippen molar-refractivity contribution in [2.45, 2.75) is 12.3 Å². The molecule has 1 saturated heterocycles. The Hall–Kier alpha value is -1.74. The first-order chi connectivity index (χ1) is 8.34. The molecule has 1 aliphatic rings. The molecule has 3 heteroatoms. The largest absolute Gasteiger partial charge is 0.385 e. The zero-order valence-corrected chi connectivity index (χ0v) is 9.74. The third-order valence-corrected chi connectivity index (χ3v) is 3.46. The Kier molecular flexibility index (Phi) is 2.61. The number of hydrogen-bond acceptors (Lipinski definition) is 2. The smallest absolute Gasteiger partial charge is 0.101 e. The van der Waals surface area contributed by atoms with Crippen molar-refractivity contribution in [3.05, 3.63) is 42.0 Å². The number of aromatic nitrogens is 1. The summed E-state index contributed by atoms with van der Waals surface area (Å²) in [5.74, 6) is 1.34. The third-order valence-electron chi connectivity index (χ3n) is 3.46. The molecule has 3 rings (SSSR count). The van der Waals surface area contributed by atoms with E-state index in [-0.39, 0.29) is 0 Å². The van der Waals surface area contributed by atoms with Gasteiger partial charge >= 0.3 is 0 Å². The monoisotopic (exact) mass is 227 g/mol. The molecule has 0 amide bonds. The van der Waals surface area contributed by atoms with Crippen LogP contribution in [0.5, 0.6) is 0 Å². The Labute approximate surface area is 101 Å². The molecule has 0 bridgehead atoms. The van der Waals surface area contributed by atoms with Crippen LogP contribution >= 0.6 is 0 Å². The second-order valence-corrected chi connectivity index (χ2v) is 4.60. The van der Waals surface area contributed by atoms with E-state index < -0.39 is 0 Å². The van der Waals surface area contributed by atoms with Crippen molar-refractivity contribution in [2.24, 2.45) is 0 Å². The van der Waals surface area contributed by atoms with E-state index in [1.54, 1.807) is 0 Å². The Morgan fingerprint density at radius 1 is 1.12 bits per heavy atom. The molecule has 0 radical (unpaired) electrons. The third kappa shape index (κ3) is 1.94. The van der Waals surface area contributed by atoms with Crippen LogP contribution in [0, 0.1) is 0 Å². The molecule has 1 aromatic carbocycles. The number of anilines is 1. The molecule has 1 aromatic heterocycles. The van der Waals surface area contributed by atoms with Gasteiger partial charge in [-0.1, -0.05) is 24.3 Å². The van der Waals surface area contributed by atoms with Gasteiger partial charge in [0.15, 0.2) is 0 Å². The van der Waals surface area contributed by atoms with Crippen molar-refractivity contribution >= 4 is 5.82 Å². The van der Waals surface area contributed by atoms with E-state index >= 15 is 0 Å². The van der Waals surface area contributed by atoms with Crippen molar-refractivity contribution in [1.29, 1.82) is 0 Å². The molecule has 1 unspecified atom stereocenters. The lowest BCUT2D eigenvalue weighted by Gasteiger charge is -2.13. The van der Waals surface area contributed by atoms with Crippen LogP contribution in [0.3, 0.4) is 0 Å². The van der Waals surface area contributed by atoms with Crippen molar-refractivity contribution in [1.82, 2.24) is 10.3 Å². The maximum Gasteiger partial charge on any atom is 0.101 e. The Balaban J connectivity index is 2.03.